The molecule has 15 heavy (non-hydrogen) atoms. The van der Waals surface area contributed by atoms with Crippen LogP contribution in [0, 0.1) is 10.8 Å². The number of para-hydroxylation sites is 1. The van der Waals surface area contributed by atoms with Gasteiger partial charge in [0.1, 0.15) is 0 Å². The van der Waals surface area contributed by atoms with E-state index in [0.717, 1.165) is 5.69 Å². The SMILES string of the molecule is N=c1nnc(=N)c1=NNc1ccccc1. The van der Waals surface area contributed by atoms with Crippen LogP contribution < -0.4 is 21.8 Å². The van der Waals surface area contributed by atoms with Crippen LogP contribution in [-0.2, 0) is 0 Å². The molecule has 0 radical (unpaired) electrons. The highest BCUT2D eigenvalue weighted by Gasteiger charge is 1.94. The summed E-state index contributed by atoms with van der Waals surface area (Å²) in [6, 6.07) is 9.29. The Morgan fingerprint density at radius 2 is 1.60 bits per heavy atom. The van der Waals surface area contributed by atoms with Crippen LogP contribution in [0.25, 0.3) is 0 Å². The van der Waals surface area contributed by atoms with Gasteiger partial charge in [0.05, 0.1) is 5.69 Å². The van der Waals surface area contributed by atoms with Crippen LogP contribution in [0.1, 0.15) is 0 Å². The lowest BCUT2D eigenvalue weighted by atomic mass is 10.3. The van der Waals surface area contributed by atoms with Crippen molar-refractivity contribution in [3.63, 3.8) is 0 Å². The lowest BCUT2D eigenvalue weighted by Gasteiger charge is -1.96. The van der Waals surface area contributed by atoms with Crippen molar-refractivity contribution in [3.8, 4) is 0 Å². The van der Waals surface area contributed by atoms with Gasteiger partial charge < -0.3 is 0 Å². The maximum absolute atomic E-state index is 7.33. The van der Waals surface area contributed by atoms with E-state index in [-0.39, 0.29) is 16.3 Å². The second-order valence-electron chi connectivity index (χ2n) is 2.84. The fourth-order valence-electron chi connectivity index (χ4n) is 1.05. The van der Waals surface area contributed by atoms with Crippen molar-refractivity contribution in [2.24, 2.45) is 5.10 Å². The van der Waals surface area contributed by atoms with E-state index in [1.54, 1.807) is 0 Å². The Morgan fingerprint density at radius 3 is 2.20 bits per heavy atom. The van der Waals surface area contributed by atoms with E-state index >= 15 is 0 Å². The maximum atomic E-state index is 7.33. The summed E-state index contributed by atoms with van der Waals surface area (Å²) in [7, 11) is 0. The first kappa shape index (κ1) is 9.20. The normalized spacial score (nSPS) is 9.87. The molecule has 0 spiro atoms. The first-order valence-corrected chi connectivity index (χ1v) is 4.26. The van der Waals surface area contributed by atoms with Crippen molar-refractivity contribution >= 4 is 5.69 Å². The summed E-state index contributed by atoms with van der Waals surface area (Å²) < 4.78 is 0. The standard InChI is InChI=1S/C9H8N6/c10-8-7(9(11)15-14-8)13-12-6-4-2-1-3-5-6/h1-5,10-12H. The van der Waals surface area contributed by atoms with E-state index in [1.807, 2.05) is 30.3 Å². The highest BCUT2D eigenvalue weighted by Crippen LogP contribution is 2.03. The summed E-state index contributed by atoms with van der Waals surface area (Å²) in [5.74, 6) is 0. The predicted molar refractivity (Wildman–Crippen MR) is 51.7 cm³/mol. The first-order chi connectivity index (χ1) is 7.27. The summed E-state index contributed by atoms with van der Waals surface area (Å²) >= 11 is 0. The topological polar surface area (TPSA) is 97.9 Å². The van der Waals surface area contributed by atoms with Crippen molar-refractivity contribution in [2.45, 2.75) is 0 Å². The number of anilines is 1. The minimum absolute atomic E-state index is 0.0940. The molecule has 0 fully saturated rings. The van der Waals surface area contributed by atoms with Crippen LogP contribution >= 0.6 is 0 Å². The van der Waals surface area contributed by atoms with Gasteiger partial charge in [0.15, 0.2) is 16.3 Å². The molecule has 6 nitrogen and oxygen atoms in total. The molecule has 0 aliphatic heterocycles. The summed E-state index contributed by atoms with van der Waals surface area (Å²) in [6.45, 7) is 0. The van der Waals surface area contributed by atoms with E-state index in [2.05, 4.69) is 20.7 Å². The Morgan fingerprint density at radius 1 is 1.00 bits per heavy atom. The van der Waals surface area contributed by atoms with Gasteiger partial charge in [0.2, 0.25) is 0 Å². The van der Waals surface area contributed by atoms with Crippen LogP contribution in [0.5, 0.6) is 0 Å². The summed E-state index contributed by atoms with van der Waals surface area (Å²) in [5.41, 5.74) is 3.33. The van der Waals surface area contributed by atoms with Gasteiger partial charge in [-0.05, 0) is 12.1 Å². The van der Waals surface area contributed by atoms with Crippen LogP contribution in [0.15, 0.2) is 35.4 Å². The minimum Gasteiger partial charge on any atom is -0.279 e. The summed E-state index contributed by atoms with van der Waals surface area (Å²) in [6.07, 6.45) is 0. The number of rotatable bonds is 2. The van der Waals surface area contributed by atoms with E-state index in [4.69, 9.17) is 10.8 Å². The quantitative estimate of drug-likeness (QED) is 0.556. The largest absolute Gasteiger partial charge is 0.279 e. The maximum Gasteiger partial charge on any atom is 0.198 e. The summed E-state index contributed by atoms with van der Waals surface area (Å²) in [4.78, 5) is 0. The number of benzene rings is 1. The van der Waals surface area contributed by atoms with Crippen molar-refractivity contribution < 1.29 is 0 Å². The molecule has 0 aliphatic carbocycles. The molecule has 2 rings (SSSR count). The third-order valence-electron chi connectivity index (χ3n) is 1.77. The molecule has 0 unspecified atom stereocenters. The second kappa shape index (κ2) is 3.79. The molecular weight excluding hydrogens is 192 g/mol. The van der Waals surface area contributed by atoms with Crippen LogP contribution in [0.3, 0.4) is 0 Å². The average molecular weight is 200 g/mol. The smallest absolute Gasteiger partial charge is 0.198 e. The molecule has 0 atom stereocenters. The van der Waals surface area contributed by atoms with Crippen molar-refractivity contribution in [1.82, 2.24) is 10.2 Å². The molecule has 0 amide bonds. The third-order valence-corrected chi connectivity index (χ3v) is 1.77. The Kier molecular flexibility index (Phi) is 2.32. The number of aromatic nitrogens is 2. The summed E-state index contributed by atoms with van der Waals surface area (Å²) in [5, 5.41) is 25.5. The van der Waals surface area contributed by atoms with Gasteiger partial charge >= 0.3 is 0 Å². The molecule has 1 aromatic heterocycles. The first-order valence-electron chi connectivity index (χ1n) is 4.26. The molecule has 0 saturated carbocycles. The highest BCUT2D eigenvalue weighted by atomic mass is 15.3. The van der Waals surface area contributed by atoms with Gasteiger partial charge in [0, 0.05) is 0 Å². The van der Waals surface area contributed by atoms with Gasteiger partial charge in [-0.15, -0.1) is 10.2 Å². The Bertz CT molecular complexity index is 563. The Labute approximate surface area is 84.7 Å². The molecule has 1 aromatic carbocycles. The lowest BCUT2D eigenvalue weighted by molar-refractivity contribution is 0.957. The minimum atomic E-state index is -0.0940. The molecule has 2 aromatic rings. The zero-order valence-electron chi connectivity index (χ0n) is 7.73. The van der Waals surface area contributed by atoms with E-state index in [1.165, 1.54) is 0 Å². The highest BCUT2D eigenvalue weighted by molar-refractivity contribution is 5.41. The van der Waals surface area contributed by atoms with Gasteiger partial charge in [-0.1, -0.05) is 18.2 Å². The fraction of sp³-hybridized carbons (Fsp3) is 0. The molecule has 0 bridgehead atoms. The second-order valence-corrected chi connectivity index (χ2v) is 2.84. The Balaban J connectivity index is 2.35. The third kappa shape index (κ3) is 1.93. The van der Waals surface area contributed by atoms with Crippen molar-refractivity contribution in [1.29, 1.82) is 10.8 Å². The average Bonchev–Trinajstić information content (AvgIpc) is 2.58. The molecule has 0 aliphatic rings. The zero-order valence-corrected chi connectivity index (χ0v) is 7.73. The van der Waals surface area contributed by atoms with Crippen molar-refractivity contribution in [2.75, 3.05) is 5.43 Å². The Hall–Kier alpha value is -2.37. The predicted octanol–water partition coefficient (Wildman–Crippen LogP) is -0.761. The molecule has 0 saturated heterocycles. The lowest BCUT2D eigenvalue weighted by Crippen LogP contribution is -2.34. The number of hydrogen-bond acceptors (Lipinski definition) is 6. The number of hydrogen-bond donors (Lipinski definition) is 3. The molecule has 74 valence electrons. The van der Waals surface area contributed by atoms with Gasteiger partial charge in [-0.2, -0.15) is 5.10 Å². The molecule has 6 heteroatoms. The van der Waals surface area contributed by atoms with Crippen LogP contribution in [0.4, 0.5) is 5.69 Å². The molecular formula is C9H8N6. The molecule has 1 heterocycles. The van der Waals surface area contributed by atoms with Crippen molar-refractivity contribution in [3.05, 3.63) is 46.7 Å². The van der Waals surface area contributed by atoms with E-state index in [9.17, 15) is 0 Å². The van der Waals surface area contributed by atoms with Gasteiger partial charge in [0.25, 0.3) is 0 Å². The van der Waals surface area contributed by atoms with Gasteiger partial charge in [-0.3, -0.25) is 16.2 Å². The molecule has 3 N–H and O–H groups in total. The van der Waals surface area contributed by atoms with E-state index in [0.29, 0.717) is 0 Å². The number of nitrogens with one attached hydrogen (secondary N) is 3. The van der Waals surface area contributed by atoms with Gasteiger partial charge in [-0.25, -0.2) is 0 Å². The zero-order chi connectivity index (χ0) is 10.7. The van der Waals surface area contributed by atoms with Crippen LogP contribution in [0.2, 0.25) is 0 Å². The fourth-order valence-corrected chi connectivity index (χ4v) is 1.05. The monoisotopic (exact) mass is 200 g/mol. The van der Waals surface area contributed by atoms with Crippen LogP contribution in [-0.4, -0.2) is 10.2 Å². The number of nitrogens with zero attached hydrogens (tertiary/aromatic N) is 3. The van der Waals surface area contributed by atoms with E-state index < -0.39 is 0 Å².